The van der Waals surface area contributed by atoms with Gasteiger partial charge in [0.25, 0.3) is 0 Å². The van der Waals surface area contributed by atoms with E-state index in [2.05, 4.69) is 52.0 Å². The largest absolute Gasteiger partial charge is 0.312 e. The molecule has 0 heterocycles. The Bertz CT molecular complexity index is 211. The lowest BCUT2D eigenvalue weighted by Crippen LogP contribution is -2.55. The molecule has 0 aromatic carbocycles. The SMILES string of the molecule is CCCCCCCCCC(NCCC)C(C)(C)N(C)C. The Labute approximate surface area is 128 Å². The minimum Gasteiger partial charge on any atom is -0.312 e. The second-order valence-electron chi connectivity index (χ2n) is 6.96. The molecule has 0 saturated heterocycles. The van der Waals surface area contributed by atoms with E-state index in [-0.39, 0.29) is 5.54 Å². The van der Waals surface area contributed by atoms with E-state index in [1.807, 2.05) is 0 Å². The highest BCUT2D eigenvalue weighted by Crippen LogP contribution is 2.21. The van der Waals surface area contributed by atoms with Gasteiger partial charge in [-0.3, -0.25) is 0 Å². The molecule has 0 saturated carbocycles. The van der Waals surface area contributed by atoms with E-state index in [1.54, 1.807) is 0 Å². The molecule has 0 aromatic heterocycles. The van der Waals surface area contributed by atoms with Crippen molar-refractivity contribution in [2.75, 3.05) is 20.6 Å². The van der Waals surface area contributed by atoms with Crippen LogP contribution in [0.15, 0.2) is 0 Å². The maximum absolute atomic E-state index is 3.76. The fourth-order valence-electron chi connectivity index (χ4n) is 2.64. The predicted molar refractivity (Wildman–Crippen MR) is 92.5 cm³/mol. The van der Waals surface area contributed by atoms with Gasteiger partial charge in [0.2, 0.25) is 0 Å². The van der Waals surface area contributed by atoms with E-state index in [0.717, 1.165) is 6.54 Å². The van der Waals surface area contributed by atoms with Crippen molar-refractivity contribution < 1.29 is 0 Å². The van der Waals surface area contributed by atoms with Gasteiger partial charge in [-0.1, -0.05) is 58.8 Å². The number of nitrogens with one attached hydrogen (secondary N) is 1. The van der Waals surface area contributed by atoms with E-state index < -0.39 is 0 Å². The van der Waals surface area contributed by atoms with Crippen LogP contribution in [0, 0.1) is 0 Å². The highest BCUT2D eigenvalue weighted by atomic mass is 15.2. The van der Waals surface area contributed by atoms with E-state index in [0.29, 0.717) is 6.04 Å². The van der Waals surface area contributed by atoms with Crippen LogP contribution in [0.3, 0.4) is 0 Å². The summed E-state index contributed by atoms with van der Waals surface area (Å²) in [5.74, 6) is 0. The van der Waals surface area contributed by atoms with Gasteiger partial charge >= 0.3 is 0 Å². The molecular weight excluding hydrogens is 244 g/mol. The summed E-state index contributed by atoms with van der Waals surface area (Å²) < 4.78 is 0. The smallest absolute Gasteiger partial charge is 0.0300 e. The van der Waals surface area contributed by atoms with Gasteiger partial charge in [0.05, 0.1) is 0 Å². The van der Waals surface area contributed by atoms with Crippen molar-refractivity contribution in [3.8, 4) is 0 Å². The summed E-state index contributed by atoms with van der Waals surface area (Å²) in [6.07, 6.45) is 12.3. The molecule has 122 valence electrons. The molecule has 0 aromatic rings. The quantitative estimate of drug-likeness (QED) is 0.487. The molecule has 1 N–H and O–H groups in total. The zero-order valence-corrected chi connectivity index (χ0v) is 15.1. The van der Waals surface area contributed by atoms with Crippen molar-refractivity contribution in [3.05, 3.63) is 0 Å². The molecule has 0 aliphatic carbocycles. The summed E-state index contributed by atoms with van der Waals surface area (Å²) in [6, 6.07) is 0.605. The van der Waals surface area contributed by atoms with Gasteiger partial charge in [0.1, 0.15) is 0 Å². The zero-order chi connectivity index (χ0) is 15.4. The van der Waals surface area contributed by atoms with Crippen LogP contribution in [0.1, 0.15) is 85.5 Å². The van der Waals surface area contributed by atoms with Crippen molar-refractivity contribution in [1.82, 2.24) is 10.2 Å². The first-order chi connectivity index (χ1) is 9.46. The van der Waals surface area contributed by atoms with Gasteiger partial charge < -0.3 is 10.2 Å². The van der Waals surface area contributed by atoms with Gasteiger partial charge in [-0.2, -0.15) is 0 Å². The van der Waals surface area contributed by atoms with Gasteiger partial charge in [-0.05, 0) is 47.3 Å². The lowest BCUT2D eigenvalue weighted by molar-refractivity contribution is 0.130. The molecule has 2 nitrogen and oxygen atoms in total. The number of rotatable bonds is 13. The zero-order valence-electron chi connectivity index (χ0n) is 15.1. The number of likely N-dealkylation sites (N-methyl/N-ethyl adjacent to an activating group) is 1. The monoisotopic (exact) mass is 284 g/mol. The van der Waals surface area contributed by atoms with Crippen molar-refractivity contribution in [1.29, 1.82) is 0 Å². The number of unbranched alkanes of at least 4 members (excludes halogenated alkanes) is 6. The topological polar surface area (TPSA) is 15.3 Å². The number of hydrogen-bond donors (Lipinski definition) is 1. The average molecular weight is 285 g/mol. The van der Waals surface area contributed by atoms with E-state index >= 15 is 0 Å². The first kappa shape index (κ1) is 19.9. The van der Waals surface area contributed by atoms with Gasteiger partial charge in [-0.25, -0.2) is 0 Å². The third-order valence-electron chi connectivity index (χ3n) is 4.74. The van der Waals surface area contributed by atoms with Crippen LogP contribution in [0.2, 0.25) is 0 Å². The molecule has 0 fully saturated rings. The van der Waals surface area contributed by atoms with Crippen molar-refractivity contribution in [2.24, 2.45) is 0 Å². The summed E-state index contributed by atoms with van der Waals surface area (Å²) >= 11 is 0. The summed E-state index contributed by atoms with van der Waals surface area (Å²) in [5.41, 5.74) is 0.234. The highest BCUT2D eigenvalue weighted by Gasteiger charge is 2.30. The maximum Gasteiger partial charge on any atom is 0.0300 e. The molecule has 1 unspecified atom stereocenters. The second kappa shape index (κ2) is 11.6. The summed E-state index contributed by atoms with van der Waals surface area (Å²) in [7, 11) is 4.40. The van der Waals surface area contributed by atoms with E-state index in [4.69, 9.17) is 0 Å². The minimum atomic E-state index is 0.234. The molecule has 0 rings (SSSR count). The van der Waals surface area contributed by atoms with Crippen LogP contribution in [-0.2, 0) is 0 Å². The van der Waals surface area contributed by atoms with Crippen molar-refractivity contribution >= 4 is 0 Å². The predicted octanol–water partition coefficient (Wildman–Crippen LogP) is 4.84. The lowest BCUT2D eigenvalue weighted by Gasteiger charge is -2.41. The molecule has 0 bridgehead atoms. The van der Waals surface area contributed by atoms with Gasteiger partial charge in [0.15, 0.2) is 0 Å². The molecule has 2 heteroatoms. The normalized spacial score (nSPS) is 13.9. The van der Waals surface area contributed by atoms with Crippen LogP contribution in [-0.4, -0.2) is 37.1 Å². The Morgan fingerprint density at radius 1 is 0.850 bits per heavy atom. The Hall–Kier alpha value is -0.0800. The first-order valence-electron chi connectivity index (χ1n) is 8.87. The summed E-state index contributed by atoms with van der Waals surface area (Å²) in [6.45, 7) is 10.4. The first-order valence-corrected chi connectivity index (χ1v) is 8.87. The lowest BCUT2D eigenvalue weighted by atomic mass is 9.88. The molecule has 0 aliphatic heterocycles. The third kappa shape index (κ3) is 8.26. The fraction of sp³-hybridized carbons (Fsp3) is 1.00. The molecule has 0 spiro atoms. The Balaban J connectivity index is 3.99. The number of hydrogen-bond acceptors (Lipinski definition) is 2. The Kier molecular flexibility index (Phi) is 11.5. The van der Waals surface area contributed by atoms with Crippen LogP contribution in [0.5, 0.6) is 0 Å². The van der Waals surface area contributed by atoms with Crippen LogP contribution >= 0.6 is 0 Å². The molecule has 0 amide bonds. The molecule has 20 heavy (non-hydrogen) atoms. The third-order valence-corrected chi connectivity index (χ3v) is 4.74. The maximum atomic E-state index is 3.76. The van der Waals surface area contributed by atoms with E-state index in [9.17, 15) is 0 Å². The van der Waals surface area contributed by atoms with Gasteiger partial charge in [-0.15, -0.1) is 0 Å². The Morgan fingerprint density at radius 2 is 1.40 bits per heavy atom. The second-order valence-corrected chi connectivity index (χ2v) is 6.96. The van der Waals surface area contributed by atoms with Crippen LogP contribution in [0.4, 0.5) is 0 Å². The molecule has 0 aliphatic rings. The highest BCUT2D eigenvalue weighted by molar-refractivity contribution is 4.91. The van der Waals surface area contributed by atoms with Crippen molar-refractivity contribution in [2.45, 2.75) is 97.1 Å². The van der Waals surface area contributed by atoms with Crippen molar-refractivity contribution in [3.63, 3.8) is 0 Å². The summed E-state index contributed by atoms with van der Waals surface area (Å²) in [5, 5.41) is 3.76. The van der Waals surface area contributed by atoms with Crippen LogP contribution < -0.4 is 5.32 Å². The Morgan fingerprint density at radius 3 is 1.90 bits per heavy atom. The average Bonchev–Trinajstić information content (AvgIpc) is 2.40. The summed E-state index contributed by atoms with van der Waals surface area (Å²) in [4.78, 5) is 2.36. The minimum absolute atomic E-state index is 0.234. The molecule has 0 radical (unpaired) electrons. The molecule has 1 atom stereocenters. The van der Waals surface area contributed by atoms with Gasteiger partial charge in [0, 0.05) is 11.6 Å². The molecular formula is C18H40N2. The van der Waals surface area contributed by atoms with E-state index in [1.165, 1.54) is 57.8 Å². The standard InChI is InChI=1S/C18H40N2/c1-7-9-10-11-12-13-14-15-17(19-16-8-2)18(3,4)20(5)6/h17,19H,7-16H2,1-6H3. The fourth-order valence-corrected chi connectivity index (χ4v) is 2.64. The van der Waals surface area contributed by atoms with Crippen LogP contribution in [0.25, 0.3) is 0 Å². The number of nitrogens with zero attached hydrogens (tertiary/aromatic N) is 1.